The highest BCUT2D eigenvalue weighted by molar-refractivity contribution is 5.68. The van der Waals surface area contributed by atoms with Gasteiger partial charge in [-0.2, -0.15) is 0 Å². The minimum Gasteiger partial charge on any atom is -0.444 e. The number of allylic oxidation sites excluding steroid dienone is 1. The van der Waals surface area contributed by atoms with Crippen LogP contribution in [-0.2, 0) is 11.2 Å². The number of aromatic nitrogens is 2. The lowest BCUT2D eigenvalue weighted by atomic mass is 10.0. The lowest BCUT2D eigenvalue weighted by molar-refractivity contribution is 0.0291. The Morgan fingerprint density at radius 1 is 1.40 bits per heavy atom. The molecule has 0 radical (unpaired) electrons. The van der Waals surface area contributed by atoms with Crippen LogP contribution in [0.5, 0.6) is 0 Å². The van der Waals surface area contributed by atoms with Crippen molar-refractivity contribution in [3.05, 3.63) is 23.7 Å². The van der Waals surface area contributed by atoms with Crippen molar-refractivity contribution in [3.63, 3.8) is 0 Å². The van der Waals surface area contributed by atoms with Gasteiger partial charge < -0.3 is 15.0 Å². The fourth-order valence-electron chi connectivity index (χ4n) is 2.84. The standard InChI is InChI=1S/C19H30N4O2/c1-6-9-14(12-23(5)18(24)25-19(2,3)4)22-17-15-10-7-8-11-16(15)20-13-21-17/h7,10,13-14H,6,8-9,11-12H2,1-5H3,(H,20,21,22). The molecule has 0 saturated heterocycles. The summed E-state index contributed by atoms with van der Waals surface area (Å²) in [4.78, 5) is 22.6. The van der Waals surface area contributed by atoms with Gasteiger partial charge in [-0.3, -0.25) is 0 Å². The maximum absolute atomic E-state index is 12.2. The van der Waals surface area contributed by atoms with Crippen LogP contribution < -0.4 is 5.32 Å². The molecule has 0 spiro atoms. The molecular formula is C19H30N4O2. The third kappa shape index (κ3) is 5.73. The van der Waals surface area contributed by atoms with E-state index in [4.69, 9.17) is 4.74 Å². The first-order valence-corrected chi connectivity index (χ1v) is 9.01. The number of carbonyl (C=O) groups excluding carboxylic acids is 1. The van der Waals surface area contributed by atoms with E-state index in [1.807, 2.05) is 20.8 Å². The fourth-order valence-corrected chi connectivity index (χ4v) is 2.84. The van der Waals surface area contributed by atoms with Gasteiger partial charge in [0.2, 0.25) is 0 Å². The smallest absolute Gasteiger partial charge is 0.410 e. The summed E-state index contributed by atoms with van der Waals surface area (Å²) in [7, 11) is 1.77. The summed E-state index contributed by atoms with van der Waals surface area (Å²) in [5, 5.41) is 3.50. The molecule has 6 nitrogen and oxygen atoms in total. The van der Waals surface area contributed by atoms with Crippen LogP contribution in [0.15, 0.2) is 12.4 Å². The molecule has 0 aromatic carbocycles. The number of likely N-dealkylation sites (N-methyl/N-ethyl adjacent to an activating group) is 1. The minimum absolute atomic E-state index is 0.108. The molecule has 0 fully saturated rings. The Labute approximate surface area is 150 Å². The van der Waals surface area contributed by atoms with Gasteiger partial charge in [0.25, 0.3) is 0 Å². The Morgan fingerprint density at radius 3 is 2.84 bits per heavy atom. The van der Waals surface area contributed by atoms with Gasteiger partial charge in [0, 0.05) is 25.2 Å². The summed E-state index contributed by atoms with van der Waals surface area (Å²) in [6.45, 7) is 8.32. The second-order valence-electron chi connectivity index (χ2n) is 7.51. The van der Waals surface area contributed by atoms with E-state index in [2.05, 4.69) is 34.4 Å². The molecule has 1 aromatic heterocycles. The van der Waals surface area contributed by atoms with Crippen LogP contribution in [0.2, 0.25) is 0 Å². The maximum Gasteiger partial charge on any atom is 0.410 e. The minimum atomic E-state index is -0.491. The van der Waals surface area contributed by atoms with Crippen LogP contribution in [-0.4, -0.2) is 46.2 Å². The van der Waals surface area contributed by atoms with Crippen molar-refractivity contribution in [1.29, 1.82) is 0 Å². The van der Waals surface area contributed by atoms with E-state index >= 15 is 0 Å². The van der Waals surface area contributed by atoms with Crippen LogP contribution >= 0.6 is 0 Å². The number of aryl methyl sites for hydroxylation is 1. The van der Waals surface area contributed by atoms with E-state index in [0.717, 1.165) is 42.8 Å². The first-order chi connectivity index (χ1) is 11.8. The maximum atomic E-state index is 12.2. The highest BCUT2D eigenvalue weighted by atomic mass is 16.6. The van der Waals surface area contributed by atoms with E-state index in [1.54, 1.807) is 18.3 Å². The molecule has 1 aliphatic rings. The van der Waals surface area contributed by atoms with Gasteiger partial charge in [-0.25, -0.2) is 14.8 Å². The quantitative estimate of drug-likeness (QED) is 0.846. The number of hydrogen-bond acceptors (Lipinski definition) is 5. The molecule has 25 heavy (non-hydrogen) atoms. The zero-order valence-electron chi connectivity index (χ0n) is 16.0. The molecule has 1 aliphatic carbocycles. The number of anilines is 1. The predicted octanol–water partition coefficient (Wildman–Crippen LogP) is 3.88. The molecule has 1 N–H and O–H groups in total. The third-order valence-electron chi connectivity index (χ3n) is 3.98. The van der Waals surface area contributed by atoms with Crippen molar-refractivity contribution >= 4 is 18.0 Å². The molecular weight excluding hydrogens is 316 g/mol. The topological polar surface area (TPSA) is 67.3 Å². The lowest BCUT2D eigenvalue weighted by Gasteiger charge is -2.28. The number of ether oxygens (including phenoxy) is 1. The van der Waals surface area contributed by atoms with Crippen molar-refractivity contribution in [3.8, 4) is 0 Å². The molecule has 1 unspecified atom stereocenters. The second kappa shape index (κ2) is 8.32. The van der Waals surface area contributed by atoms with Gasteiger partial charge in [-0.15, -0.1) is 0 Å². The number of fused-ring (bicyclic) bond motifs is 1. The number of nitrogens with zero attached hydrogens (tertiary/aromatic N) is 3. The molecule has 1 heterocycles. The van der Waals surface area contributed by atoms with E-state index in [0.29, 0.717) is 6.54 Å². The van der Waals surface area contributed by atoms with Crippen LogP contribution in [0, 0.1) is 0 Å². The molecule has 1 aromatic rings. The van der Waals surface area contributed by atoms with Crippen LogP contribution in [0.3, 0.4) is 0 Å². The van der Waals surface area contributed by atoms with Gasteiger partial charge in [0.05, 0.1) is 5.69 Å². The molecule has 0 saturated carbocycles. The van der Waals surface area contributed by atoms with Crippen LogP contribution in [0.4, 0.5) is 10.6 Å². The normalized spacial score (nSPS) is 14.6. The van der Waals surface area contributed by atoms with Crippen molar-refractivity contribution in [1.82, 2.24) is 14.9 Å². The zero-order valence-corrected chi connectivity index (χ0v) is 16.0. The van der Waals surface area contributed by atoms with Gasteiger partial charge >= 0.3 is 6.09 Å². The highest BCUT2D eigenvalue weighted by Gasteiger charge is 2.23. The summed E-state index contributed by atoms with van der Waals surface area (Å²) in [5.74, 6) is 0.844. The molecule has 1 amide bonds. The number of nitrogens with one attached hydrogen (secondary N) is 1. The van der Waals surface area contributed by atoms with E-state index in [-0.39, 0.29) is 12.1 Å². The molecule has 0 aliphatic heterocycles. The lowest BCUT2D eigenvalue weighted by Crippen LogP contribution is -2.41. The van der Waals surface area contributed by atoms with E-state index in [9.17, 15) is 4.79 Å². The number of amides is 1. The fraction of sp³-hybridized carbons (Fsp3) is 0.632. The first kappa shape index (κ1) is 19.2. The van der Waals surface area contributed by atoms with Gasteiger partial charge in [0.15, 0.2) is 0 Å². The summed E-state index contributed by atoms with van der Waals surface area (Å²) < 4.78 is 5.44. The van der Waals surface area contributed by atoms with E-state index in [1.165, 1.54) is 0 Å². The molecule has 0 bridgehead atoms. The van der Waals surface area contributed by atoms with Crippen LogP contribution in [0.1, 0.15) is 58.2 Å². The monoisotopic (exact) mass is 346 g/mol. The zero-order chi connectivity index (χ0) is 18.4. The Kier molecular flexibility index (Phi) is 6.39. The predicted molar refractivity (Wildman–Crippen MR) is 101 cm³/mol. The van der Waals surface area contributed by atoms with Crippen molar-refractivity contribution < 1.29 is 9.53 Å². The number of hydrogen-bond donors (Lipinski definition) is 1. The average molecular weight is 346 g/mol. The molecule has 6 heteroatoms. The Morgan fingerprint density at radius 2 is 2.16 bits per heavy atom. The summed E-state index contributed by atoms with van der Waals surface area (Å²) >= 11 is 0. The summed E-state index contributed by atoms with van der Waals surface area (Å²) in [6.07, 6.45) is 9.46. The van der Waals surface area contributed by atoms with E-state index < -0.39 is 5.60 Å². The largest absolute Gasteiger partial charge is 0.444 e. The highest BCUT2D eigenvalue weighted by Crippen LogP contribution is 2.24. The van der Waals surface area contributed by atoms with Crippen molar-refractivity contribution in [2.45, 2.75) is 65.0 Å². The average Bonchev–Trinajstić information content (AvgIpc) is 2.54. The third-order valence-corrected chi connectivity index (χ3v) is 3.98. The van der Waals surface area contributed by atoms with Gasteiger partial charge in [0.1, 0.15) is 17.7 Å². The Bertz CT molecular complexity index is 622. The van der Waals surface area contributed by atoms with Gasteiger partial charge in [-0.05, 0) is 40.0 Å². The summed E-state index contributed by atoms with van der Waals surface area (Å²) in [6, 6.07) is 0.108. The second-order valence-corrected chi connectivity index (χ2v) is 7.51. The number of carbonyl (C=O) groups is 1. The molecule has 1 atom stereocenters. The summed E-state index contributed by atoms with van der Waals surface area (Å²) in [5.41, 5.74) is 1.65. The van der Waals surface area contributed by atoms with Crippen molar-refractivity contribution in [2.24, 2.45) is 0 Å². The molecule has 138 valence electrons. The van der Waals surface area contributed by atoms with Crippen LogP contribution in [0.25, 0.3) is 6.08 Å². The first-order valence-electron chi connectivity index (χ1n) is 9.01. The Balaban J connectivity index is 2.07. The molecule has 2 rings (SSSR count). The van der Waals surface area contributed by atoms with Gasteiger partial charge in [-0.1, -0.05) is 25.5 Å². The number of rotatable bonds is 6. The van der Waals surface area contributed by atoms with Crippen molar-refractivity contribution in [2.75, 3.05) is 18.9 Å². The Hall–Kier alpha value is -2.11. The SMILES string of the molecule is CCCC(CN(C)C(=O)OC(C)(C)C)Nc1ncnc2c1C=CCC2.